The zero-order valence-corrected chi connectivity index (χ0v) is 16.3. The Labute approximate surface area is 169 Å². The van der Waals surface area contributed by atoms with Gasteiger partial charge in [-0.05, 0) is 57.3 Å². The predicted molar refractivity (Wildman–Crippen MR) is 102 cm³/mol. The molecule has 1 aliphatic heterocycles. The minimum Gasteiger partial charge on any atom is -0.302 e. The summed E-state index contributed by atoms with van der Waals surface area (Å²) < 4.78 is 54.9. The van der Waals surface area contributed by atoms with E-state index in [0.717, 1.165) is 17.0 Å². The van der Waals surface area contributed by atoms with Crippen LogP contribution in [0.2, 0.25) is 0 Å². The number of carbonyl (C=O) groups is 1. The Morgan fingerprint density at radius 2 is 1.86 bits per heavy atom. The highest BCUT2D eigenvalue weighted by Crippen LogP contribution is 2.41. The second-order valence-electron chi connectivity index (χ2n) is 6.91. The zero-order chi connectivity index (χ0) is 21.7. The number of nitrogens with zero attached hydrogens (tertiary/aromatic N) is 4. The number of rotatable bonds is 2. The Bertz CT molecular complexity index is 1060. The van der Waals surface area contributed by atoms with Crippen LogP contribution in [0.4, 0.5) is 28.9 Å². The van der Waals surface area contributed by atoms with Crippen molar-refractivity contribution in [2.24, 2.45) is 0 Å². The highest BCUT2D eigenvalue weighted by molar-refractivity contribution is 7.81. The molecule has 0 unspecified atom stereocenters. The van der Waals surface area contributed by atoms with Crippen LogP contribution >= 0.6 is 12.2 Å². The molecule has 0 atom stereocenters. The summed E-state index contributed by atoms with van der Waals surface area (Å²) in [5.74, 6) is -2.44. The quantitative estimate of drug-likeness (QED) is 0.532. The molecule has 150 valence electrons. The average Bonchev–Trinajstić information content (AvgIpc) is 2.80. The first kappa shape index (κ1) is 20.7. The Balaban J connectivity index is 2.18. The second kappa shape index (κ2) is 6.77. The molecule has 5 nitrogen and oxygen atoms in total. The number of carbonyl (C=O) groups excluding carboxylic acids is 1. The van der Waals surface area contributed by atoms with Gasteiger partial charge in [0, 0.05) is 5.69 Å². The SMILES string of the molecule is Cc1ccc(N2C(=S)N(c3ccc(C#N)c(C(F)(F)F)c3F)C(=O)C2(C)C)cn1. The van der Waals surface area contributed by atoms with Gasteiger partial charge in [-0.15, -0.1) is 0 Å². The lowest BCUT2D eigenvalue weighted by atomic mass is 10.0. The van der Waals surface area contributed by atoms with E-state index in [2.05, 4.69) is 4.98 Å². The van der Waals surface area contributed by atoms with Crippen molar-refractivity contribution in [3.63, 3.8) is 0 Å². The normalized spacial score (nSPS) is 16.3. The highest BCUT2D eigenvalue weighted by atomic mass is 32.1. The molecule has 0 aliphatic carbocycles. The Morgan fingerprint density at radius 1 is 1.21 bits per heavy atom. The monoisotopic (exact) mass is 422 g/mol. The van der Waals surface area contributed by atoms with E-state index in [9.17, 15) is 22.4 Å². The van der Waals surface area contributed by atoms with E-state index in [4.69, 9.17) is 17.5 Å². The van der Waals surface area contributed by atoms with Crippen LogP contribution in [0.25, 0.3) is 0 Å². The van der Waals surface area contributed by atoms with Gasteiger partial charge in [0.25, 0.3) is 5.91 Å². The summed E-state index contributed by atoms with van der Waals surface area (Å²) in [5, 5.41) is 8.73. The van der Waals surface area contributed by atoms with Gasteiger partial charge in [-0.25, -0.2) is 4.39 Å². The van der Waals surface area contributed by atoms with Crippen LogP contribution in [-0.4, -0.2) is 21.5 Å². The van der Waals surface area contributed by atoms with Crippen molar-refractivity contribution < 1.29 is 22.4 Å². The van der Waals surface area contributed by atoms with Gasteiger partial charge in [0.05, 0.1) is 29.2 Å². The summed E-state index contributed by atoms with van der Waals surface area (Å²) in [6, 6.07) is 6.43. The van der Waals surface area contributed by atoms with Crippen LogP contribution < -0.4 is 9.80 Å². The minimum absolute atomic E-state index is 0.192. The molecular weight excluding hydrogens is 408 g/mol. The number of aryl methyl sites for hydroxylation is 1. The number of alkyl halides is 3. The number of amides is 1. The maximum Gasteiger partial charge on any atom is 0.420 e. The number of aromatic nitrogens is 1. The Morgan fingerprint density at radius 3 is 2.38 bits per heavy atom. The van der Waals surface area contributed by atoms with Gasteiger partial charge in [-0.2, -0.15) is 18.4 Å². The molecule has 0 bridgehead atoms. The highest BCUT2D eigenvalue weighted by Gasteiger charge is 2.52. The lowest BCUT2D eigenvalue weighted by molar-refractivity contribution is -0.140. The fraction of sp³-hybridized carbons (Fsp3) is 0.263. The summed E-state index contributed by atoms with van der Waals surface area (Å²) in [6.07, 6.45) is -3.65. The fourth-order valence-electron chi connectivity index (χ4n) is 3.14. The minimum atomic E-state index is -5.12. The average molecular weight is 422 g/mol. The van der Waals surface area contributed by atoms with Gasteiger partial charge in [0.2, 0.25) is 0 Å². The molecule has 2 heterocycles. The first-order chi connectivity index (χ1) is 13.4. The lowest BCUT2D eigenvalue weighted by Crippen LogP contribution is -2.44. The number of nitriles is 1. The Kier molecular flexibility index (Phi) is 4.83. The molecule has 0 spiro atoms. The topological polar surface area (TPSA) is 60.2 Å². The van der Waals surface area contributed by atoms with Gasteiger partial charge in [-0.1, -0.05) is 0 Å². The van der Waals surface area contributed by atoms with Crippen LogP contribution in [-0.2, 0) is 11.0 Å². The number of thiocarbonyl (C=S) groups is 1. The van der Waals surface area contributed by atoms with Crippen LogP contribution in [0, 0.1) is 24.1 Å². The maximum atomic E-state index is 14.9. The maximum absolute atomic E-state index is 14.9. The molecule has 0 N–H and O–H groups in total. The molecule has 1 amide bonds. The molecule has 0 saturated carbocycles. The molecule has 29 heavy (non-hydrogen) atoms. The fourth-order valence-corrected chi connectivity index (χ4v) is 3.66. The van der Waals surface area contributed by atoms with E-state index in [-0.39, 0.29) is 5.11 Å². The summed E-state index contributed by atoms with van der Waals surface area (Å²) in [7, 11) is 0. The van der Waals surface area contributed by atoms with Gasteiger partial charge in [-0.3, -0.25) is 14.7 Å². The lowest BCUT2D eigenvalue weighted by Gasteiger charge is -2.29. The number of pyridine rings is 1. The van der Waals surface area contributed by atoms with Crippen molar-refractivity contribution in [1.29, 1.82) is 5.26 Å². The van der Waals surface area contributed by atoms with Gasteiger partial charge >= 0.3 is 6.18 Å². The van der Waals surface area contributed by atoms with Crippen molar-refractivity contribution in [2.75, 3.05) is 9.80 Å². The van der Waals surface area contributed by atoms with Crippen molar-refractivity contribution in [1.82, 2.24) is 4.98 Å². The third-order valence-electron chi connectivity index (χ3n) is 4.59. The first-order valence-electron chi connectivity index (χ1n) is 8.32. The van der Waals surface area contributed by atoms with Crippen LogP contribution in [0.3, 0.4) is 0 Å². The van der Waals surface area contributed by atoms with Crippen molar-refractivity contribution in [3.05, 3.63) is 53.1 Å². The third-order valence-corrected chi connectivity index (χ3v) is 4.95. The molecule has 1 aromatic carbocycles. The third kappa shape index (κ3) is 3.21. The molecule has 1 saturated heterocycles. The number of halogens is 4. The van der Waals surface area contributed by atoms with Crippen LogP contribution in [0.15, 0.2) is 30.5 Å². The summed E-state index contributed by atoms with van der Waals surface area (Å²) >= 11 is 5.33. The summed E-state index contributed by atoms with van der Waals surface area (Å²) in [4.78, 5) is 19.3. The molecule has 1 aliphatic rings. The van der Waals surface area contributed by atoms with E-state index in [1.807, 2.05) is 0 Å². The van der Waals surface area contributed by atoms with Crippen molar-refractivity contribution >= 4 is 34.6 Å². The molecule has 10 heteroatoms. The molecular formula is C19H14F4N4OS. The smallest absolute Gasteiger partial charge is 0.302 e. The van der Waals surface area contributed by atoms with Crippen LogP contribution in [0.5, 0.6) is 0 Å². The molecule has 1 aromatic heterocycles. The summed E-state index contributed by atoms with van der Waals surface area (Å²) in [6.45, 7) is 4.81. The van der Waals surface area contributed by atoms with Gasteiger partial charge < -0.3 is 4.90 Å². The number of anilines is 2. The molecule has 0 radical (unpaired) electrons. The Hall–Kier alpha value is -3.06. The predicted octanol–water partition coefficient (Wildman–Crippen LogP) is 4.34. The van der Waals surface area contributed by atoms with E-state index >= 15 is 0 Å². The summed E-state index contributed by atoms with van der Waals surface area (Å²) in [5.41, 5.74) is -3.43. The number of hydrogen-bond donors (Lipinski definition) is 0. The first-order valence-corrected chi connectivity index (χ1v) is 8.73. The number of hydrogen-bond acceptors (Lipinski definition) is 4. The van der Waals surface area contributed by atoms with E-state index in [1.165, 1.54) is 31.0 Å². The van der Waals surface area contributed by atoms with E-state index in [1.54, 1.807) is 19.1 Å². The van der Waals surface area contributed by atoms with E-state index < -0.39 is 40.3 Å². The number of benzene rings is 1. The van der Waals surface area contributed by atoms with Crippen molar-refractivity contribution in [3.8, 4) is 6.07 Å². The molecule has 3 rings (SSSR count). The largest absolute Gasteiger partial charge is 0.420 e. The van der Waals surface area contributed by atoms with Gasteiger partial charge in [0.1, 0.15) is 11.1 Å². The standard InChI is InChI=1S/C19H14F4N4OS/c1-10-4-6-12(9-25-10)27-17(29)26(16(28)18(27,2)3)13-7-5-11(8-24)14(15(13)20)19(21,22)23/h4-7,9H,1-3H3. The van der Waals surface area contributed by atoms with Gasteiger partial charge in [0.15, 0.2) is 10.9 Å². The zero-order valence-electron chi connectivity index (χ0n) is 15.5. The molecule has 2 aromatic rings. The molecule has 1 fully saturated rings. The van der Waals surface area contributed by atoms with E-state index in [0.29, 0.717) is 11.4 Å². The van der Waals surface area contributed by atoms with Crippen molar-refractivity contribution in [2.45, 2.75) is 32.5 Å². The second-order valence-corrected chi connectivity index (χ2v) is 7.27. The van der Waals surface area contributed by atoms with Crippen LogP contribution in [0.1, 0.15) is 30.7 Å².